The van der Waals surface area contributed by atoms with Crippen LogP contribution >= 0.6 is 0 Å². The van der Waals surface area contributed by atoms with Crippen LogP contribution in [-0.2, 0) is 17.7 Å². The molecule has 0 aliphatic carbocycles. The van der Waals surface area contributed by atoms with Crippen LogP contribution in [0.3, 0.4) is 0 Å². The molecule has 0 N–H and O–H groups in total. The van der Waals surface area contributed by atoms with E-state index in [1.54, 1.807) is 0 Å². The highest BCUT2D eigenvalue weighted by Gasteiger charge is 2.08. The van der Waals surface area contributed by atoms with E-state index in [2.05, 4.69) is 42.2 Å². The van der Waals surface area contributed by atoms with E-state index in [1.807, 2.05) is 24.3 Å². The summed E-state index contributed by atoms with van der Waals surface area (Å²) >= 11 is 0. The van der Waals surface area contributed by atoms with Crippen LogP contribution in [0.15, 0.2) is 54.6 Å². The van der Waals surface area contributed by atoms with E-state index >= 15 is 0 Å². The lowest BCUT2D eigenvalue weighted by atomic mass is 10.1. The van der Waals surface area contributed by atoms with Crippen LogP contribution in [0.5, 0.6) is 0 Å². The van der Waals surface area contributed by atoms with E-state index < -0.39 is 0 Å². The van der Waals surface area contributed by atoms with E-state index in [0.29, 0.717) is 5.56 Å². The molecule has 3 heteroatoms. The van der Waals surface area contributed by atoms with Gasteiger partial charge in [-0.1, -0.05) is 55.8 Å². The lowest BCUT2D eigenvalue weighted by Crippen LogP contribution is -2.27. The maximum absolute atomic E-state index is 11.5. The molecule has 0 aliphatic rings. The third kappa shape index (κ3) is 5.82. The Morgan fingerprint density at radius 3 is 2.29 bits per heavy atom. The van der Waals surface area contributed by atoms with Gasteiger partial charge in [0.1, 0.15) is 0 Å². The van der Waals surface area contributed by atoms with Gasteiger partial charge in [-0.3, -0.25) is 4.90 Å². The zero-order valence-electron chi connectivity index (χ0n) is 14.7. The van der Waals surface area contributed by atoms with E-state index in [0.717, 1.165) is 26.1 Å². The van der Waals surface area contributed by atoms with Gasteiger partial charge in [-0.2, -0.15) is 0 Å². The Hall–Kier alpha value is -2.13. The molecule has 0 radical (unpaired) electrons. The van der Waals surface area contributed by atoms with Crippen LogP contribution in [0.25, 0.3) is 0 Å². The van der Waals surface area contributed by atoms with Crippen molar-refractivity contribution in [3.8, 4) is 0 Å². The number of rotatable bonds is 9. The van der Waals surface area contributed by atoms with Crippen molar-refractivity contribution in [1.82, 2.24) is 4.90 Å². The number of hydrogen-bond acceptors (Lipinski definition) is 3. The maximum atomic E-state index is 11.5. The van der Waals surface area contributed by atoms with Gasteiger partial charge in [0, 0.05) is 13.1 Å². The Balaban J connectivity index is 1.95. The van der Waals surface area contributed by atoms with Gasteiger partial charge in [-0.15, -0.1) is 0 Å². The van der Waals surface area contributed by atoms with E-state index in [9.17, 15) is 4.79 Å². The second-order valence-electron chi connectivity index (χ2n) is 6.05. The number of benzene rings is 2. The number of esters is 1. The molecular weight excluding hydrogens is 298 g/mol. The van der Waals surface area contributed by atoms with Crippen molar-refractivity contribution in [2.45, 2.75) is 32.7 Å². The van der Waals surface area contributed by atoms with E-state index in [4.69, 9.17) is 4.74 Å². The fraction of sp³-hybridized carbons (Fsp3) is 0.381. The van der Waals surface area contributed by atoms with Crippen molar-refractivity contribution in [1.29, 1.82) is 0 Å². The molecule has 128 valence electrons. The Labute approximate surface area is 145 Å². The summed E-state index contributed by atoms with van der Waals surface area (Å²) < 4.78 is 4.75. The Bertz CT molecular complexity index is 607. The molecule has 0 fully saturated rings. The molecule has 0 saturated carbocycles. The molecule has 3 nitrogen and oxygen atoms in total. The minimum absolute atomic E-state index is 0.284. The molecule has 0 spiro atoms. The van der Waals surface area contributed by atoms with Gasteiger partial charge >= 0.3 is 5.97 Å². The van der Waals surface area contributed by atoms with Crippen molar-refractivity contribution >= 4 is 5.97 Å². The third-order valence-corrected chi connectivity index (χ3v) is 4.17. The minimum atomic E-state index is -0.284. The molecule has 0 aliphatic heterocycles. The normalized spacial score (nSPS) is 10.8. The molecule has 2 rings (SSSR count). The van der Waals surface area contributed by atoms with Gasteiger partial charge in [-0.25, -0.2) is 4.79 Å². The molecule has 0 amide bonds. The van der Waals surface area contributed by atoms with Crippen molar-refractivity contribution in [2.75, 3.05) is 20.2 Å². The smallest absolute Gasteiger partial charge is 0.337 e. The summed E-state index contributed by atoms with van der Waals surface area (Å²) in [4.78, 5) is 14.0. The standard InChI is InChI=1S/C21H27NO2/c1-3-4-15-22(16-14-18-8-6-5-7-9-18)17-19-10-12-20(13-11-19)21(23)24-2/h5-13H,3-4,14-17H2,1-2H3. The van der Waals surface area contributed by atoms with Crippen molar-refractivity contribution in [3.05, 3.63) is 71.3 Å². The molecule has 0 heterocycles. The third-order valence-electron chi connectivity index (χ3n) is 4.17. The molecule has 0 saturated heterocycles. The highest BCUT2D eigenvalue weighted by atomic mass is 16.5. The number of carbonyl (C=O) groups excluding carboxylic acids is 1. The van der Waals surface area contributed by atoms with Crippen LogP contribution in [0.1, 0.15) is 41.3 Å². The predicted octanol–water partition coefficient (Wildman–Crippen LogP) is 4.32. The lowest BCUT2D eigenvalue weighted by molar-refractivity contribution is 0.0600. The molecular formula is C21H27NO2. The van der Waals surface area contributed by atoms with Gasteiger partial charge < -0.3 is 4.74 Å². The molecule has 2 aromatic rings. The summed E-state index contributed by atoms with van der Waals surface area (Å²) in [5, 5.41) is 0. The highest BCUT2D eigenvalue weighted by Crippen LogP contribution is 2.11. The number of unbranched alkanes of at least 4 members (excludes halogenated alkanes) is 1. The fourth-order valence-corrected chi connectivity index (χ4v) is 2.71. The first-order chi connectivity index (χ1) is 11.7. The monoisotopic (exact) mass is 325 g/mol. The average Bonchev–Trinajstić information content (AvgIpc) is 2.64. The van der Waals surface area contributed by atoms with E-state index in [1.165, 1.54) is 31.1 Å². The van der Waals surface area contributed by atoms with Crippen LogP contribution in [0.2, 0.25) is 0 Å². The molecule has 0 atom stereocenters. The predicted molar refractivity (Wildman–Crippen MR) is 98.1 cm³/mol. The maximum Gasteiger partial charge on any atom is 0.337 e. The summed E-state index contributed by atoms with van der Waals surface area (Å²) in [6, 6.07) is 18.3. The summed E-state index contributed by atoms with van der Waals surface area (Å²) in [5.74, 6) is -0.284. The van der Waals surface area contributed by atoms with Gasteiger partial charge in [0.25, 0.3) is 0 Å². The Kier molecular flexibility index (Phi) is 7.50. The largest absolute Gasteiger partial charge is 0.465 e. The van der Waals surface area contributed by atoms with Crippen molar-refractivity contribution in [2.24, 2.45) is 0 Å². The number of carbonyl (C=O) groups is 1. The molecule has 0 unspecified atom stereocenters. The second-order valence-corrected chi connectivity index (χ2v) is 6.05. The summed E-state index contributed by atoms with van der Waals surface area (Å²) in [7, 11) is 1.41. The van der Waals surface area contributed by atoms with E-state index in [-0.39, 0.29) is 5.97 Å². The molecule has 24 heavy (non-hydrogen) atoms. The van der Waals surface area contributed by atoms with Crippen molar-refractivity contribution in [3.63, 3.8) is 0 Å². The minimum Gasteiger partial charge on any atom is -0.465 e. The number of methoxy groups -OCH3 is 1. The SMILES string of the molecule is CCCCN(CCc1ccccc1)Cc1ccc(C(=O)OC)cc1. The highest BCUT2D eigenvalue weighted by molar-refractivity contribution is 5.89. The lowest BCUT2D eigenvalue weighted by Gasteiger charge is -2.22. The molecule has 0 aromatic heterocycles. The quantitative estimate of drug-likeness (QED) is 0.643. The zero-order chi connectivity index (χ0) is 17.2. The summed E-state index contributed by atoms with van der Waals surface area (Å²) in [6.07, 6.45) is 3.46. The second kappa shape index (κ2) is 9.89. The van der Waals surface area contributed by atoms with Gasteiger partial charge in [0.15, 0.2) is 0 Å². The Morgan fingerprint density at radius 2 is 1.67 bits per heavy atom. The number of ether oxygens (including phenoxy) is 1. The van der Waals surface area contributed by atoms with Crippen molar-refractivity contribution < 1.29 is 9.53 Å². The van der Waals surface area contributed by atoms with Crippen LogP contribution in [0, 0.1) is 0 Å². The summed E-state index contributed by atoms with van der Waals surface area (Å²) in [6.45, 7) is 5.28. The van der Waals surface area contributed by atoms with Gasteiger partial charge in [0.2, 0.25) is 0 Å². The first-order valence-electron chi connectivity index (χ1n) is 8.66. The summed E-state index contributed by atoms with van der Waals surface area (Å²) in [5.41, 5.74) is 3.21. The van der Waals surface area contributed by atoms with Gasteiger partial charge in [0.05, 0.1) is 12.7 Å². The zero-order valence-corrected chi connectivity index (χ0v) is 14.7. The molecule has 0 bridgehead atoms. The number of hydrogen-bond donors (Lipinski definition) is 0. The van der Waals surface area contributed by atoms with Crippen LogP contribution < -0.4 is 0 Å². The topological polar surface area (TPSA) is 29.5 Å². The van der Waals surface area contributed by atoms with Crippen LogP contribution in [-0.4, -0.2) is 31.1 Å². The van der Waals surface area contributed by atoms with Gasteiger partial charge in [-0.05, 0) is 42.6 Å². The molecule has 2 aromatic carbocycles. The van der Waals surface area contributed by atoms with Crippen LogP contribution in [0.4, 0.5) is 0 Å². The Morgan fingerprint density at radius 1 is 0.958 bits per heavy atom. The average molecular weight is 325 g/mol. The first-order valence-corrected chi connectivity index (χ1v) is 8.66. The first kappa shape index (κ1) is 18.2. The fourth-order valence-electron chi connectivity index (χ4n) is 2.71. The number of nitrogens with zero attached hydrogens (tertiary/aromatic N) is 1.